The molecular weight excluding hydrogens is 384 g/mol. The molecule has 1 aliphatic rings. The standard InChI is InChI=1S/C27H28N2O2/c1-2-20-13-15-24(16-14-20)29-19-23(18-26(29)30)27(31)28-25(22-11-7-4-8-12-22)17-21-9-5-3-6-10-21/h3-16,23,25H,2,17-19H2,1H3,(H,28,31). The maximum Gasteiger partial charge on any atom is 0.227 e. The first kappa shape index (κ1) is 20.9. The number of aryl methyl sites for hydroxylation is 1. The third-order valence-electron chi connectivity index (χ3n) is 5.95. The molecule has 31 heavy (non-hydrogen) atoms. The van der Waals surface area contributed by atoms with Gasteiger partial charge in [-0.05, 0) is 41.7 Å². The van der Waals surface area contributed by atoms with E-state index in [-0.39, 0.29) is 30.2 Å². The Morgan fingerprint density at radius 3 is 2.23 bits per heavy atom. The smallest absolute Gasteiger partial charge is 0.227 e. The average Bonchev–Trinajstić information content (AvgIpc) is 3.21. The Balaban J connectivity index is 1.47. The van der Waals surface area contributed by atoms with Crippen molar-refractivity contribution in [1.29, 1.82) is 0 Å². The second-order valence-corrected chi connectivity index (χ2v) is 8.09. The van der Waals surface area contributed by atoms with Gasteiger partial charge < -0.3 is 10.2 Å². The Labute approximate surface area is 183 Å². The molecule has 0 radical (unpaired) electrons. The molecule has 4 heteroatoms. The van der Waals surface area contributed by atoms with Crippen molar-refractivity contribution in [1.82, 2.24) is 5.32 Å². The molecule has 0 aliphatic carbocycles. The molecular formula is C27H28N2O2. The van der Waals surface area contributed by atoms with Gasteiger partial charge in [-0.3, -0.25) is 9.59 Å². The van der Waals surface area contributed by atoms with E-state index in [1.54, 1.807) is 4.90 Å². The van der Waals surface area contributed by atoms with Gasteiger partial charge in [0.25, 0.3) is 0 Å². The lowest BCUT2D eigenvalue weighted by atomic mass is 9.97. The third kappa shape index (κ3) is 5.02. The molecule has 1 fully saturated rings. The van der Waals surface area contributed by atoms with Gasteiger partial charge in [-0.1, -0.05) is 79.7 Å². The van der Waals surface area contributed by atoms with Crippen molar-refractivity contribution in [3.8, 4) is 0 Å². The molecule has 1 N–H and O–H groups in total. The van der Waals surface area contributed by atoms with Crippen LogP contribution in [-0.2, 0) is 22.4 Å². The van der Waals surface area contributed by atoms with Gasteiger partial charge in [0.2, 0.25) is 11.8 Å². The first-order chi connectivity index (χ1) is 15.1. The van der Waals surface area contributed by atoms with Crippen LogP contribution in [-0.4, -0.2) is 18.4 Å². The molecule has 2 amide bonds. The number of rotatable bonds is 7. The third-order valence-corrected chi connectivity index (χ3v) is 5.95. The molecule has 3 aromatic carbocycles. The predicted octanol–water partition coefficient (Wildman–Crippen LogP) is 4.70. The monoisotopic (exact) mass is 412 g/mol. The van der Waals surface area contributed by atoms with Crippen molar-refractivity contribution >= 4 is 17.5 Å². The Morgan fingerprint density at radius 2 is 1.58 bits per heavy atom. The van der Waals surface area contributed by atoms with Crippen molar-refractivity contribution in [3.63, 3.8) is 0 Å². The van der Waals surface area contributed by atoms with Crippen LogP contribution in [0.3, 0.4) is 0 Å². The van der Waals surface area contributed by atoms with E-state index in [1.807, 2.05) is 72.8 Å². The van der Waals surface area contributed by atoms with E-state index in [9.17, 15) is 9.59 Å². The summed E-state index contributed by atoms with van der Waals surface area (Å²) in [6.07, 6.45) is 1.91. The van der Waals surface area contributed by atoms with Gasteiger partial charge in [0.15, 0.2) is 0 Å². The van der Waals surface area contributed by atoms with Gasteiger partial charge in [-0.2, -0.15) is 0 Å². The van der Waals surface area contributed by atoms with E-state index in [1.165, 1.54) is 5.56 Å². The zero-order chi connectivity index (χ0) is 21.6. The maximum absolute atomic E-state index is 13.2. The second-order valence-electron chi connectivity index (χ2n) is 8.09. The summed E-state index contributed by atoms with van der Waals surface area (Å²) in [5.41, 5.74) is 4.32. The van der Waals surface area contributed by atoms with Crippen LogP contribution in [0.4, 0.5) is 5.69 Å². The number of carbonyl (C=O) groups excluding carboxylic acids is 2. The van der Waals surface area contributed by atoms with Crippen molar-refractivity contribution in [3.05, 3.63) is 102 Å². The SMILES string of the molecule is CCc1ccc(N2CC(C(=O)NC(Cc3ccccc3)c3ccccc3)CC2=O)cc1. The van der Waals surface area contributed by atoms with Crippen LogP contribution in [0.1, 0.15) is 36.1 Å². The van der Waals surface area contributed by atoms with E-state index in [0.29, 0.717) is 13.0 Å². The minimum atomic E-state index is -0.347. The van der Waals surface area contributed by atoms with Crippen LogP contribution in [0.25, 0.3) is 0 Å². The Morgan fingerprint density at radius 1 is 0.935 bits per heavy atom. The van der Waals surface area contributed by atoms with E-state index >= 15 is 0 Å². The lowest BCUT2D eigenvalue weighted by Gasteiger charge is -2.22. The fourth-order valence-electron chi connectivity index (χ4n) is 4.12. The Bertz CT molecular complexity index is 1020. The highest BCUT2D eigenvalue weighted by atomic mass is 16.2. The van der Waals surface area contributed by atoms with Gasteiger partial charge in [0.05, 0.1) is 12.0 Å². The van der Waals surface area contributed by atoms with Crippen molar-refractivity contribution < 1.29 is 9.59 Å². The molecule has 158 valence electrons. The summed E-state index contributed by atoms with van der Waals surface area (Å²) in [6, 6.07) is 28.1. The van der Waals surface area contributed by atoms with Crippen molar-refractivity contribution in [2.24, 2.45) is 5.92 Å². The van der Waals surface area contributed by atoms with Crippen molar-refractivity contribution in [2.45, 2.75) is 32.2 Å². The summed E-state index contributed by atoms with van der Waals surface area (Å²) in [4.78, 5) is 27.5. The number of nitrogens with one attached hydrogen (secondary N) is 1. The van der Waals surface area contributed by atoms with Crippen molar-refractivity contribution in [2.75, 3.05) is 11.4 Å². The first-order valence-electron chi connectivity index (χ1n) is 10.9. The van der Waals surface area contributed by atoms with Gasteiger partial charge in [-0.25, -0.2) is 0 Å². The molecule has 0 bridgehead atoms. The minimum absolute atomic E-state index is 0.00344. The summed E-state index contributed by atoms with van der Waals surface area (Å²) < 4.78 is 0. The quantitative estimate of drug-likeness (QED) is 0.611. The second kappa shape index (κ2) is 9.61. The lowest BCUT2D eigenvalue weighted by molar-refractivity contribution is -0.127. The highest BCUT2D eigenvalue weighted by molar-refractivity contribution is 6.00. The van der Waals surface area contributed by atoms with Crippen LogP contribution in [0.2, 0.25) is 0 Å². The van der Waals surface area contributed by atoms with E-state index < -0.39 is 0 Å². The van der Waals surface area contributed by atoms with Crippen LogP contribution in [0.5, 0.6) is 0 Å². The molecule has 1 heterocycles. The molecule has 4 nitrogen and oxygen atoms in total. The number of hydrogen-bond donors (Lipinski definition) is 1. The lowest BCUT2D eigenvalue weighted by Crippen LogP contribution is -2.36. The summed E-state index contributed by atoms with van der Waals surface area (Å²) in [5.74, 6) is -0.408. The average molecular weight is 413 g/mol. The number of nitrogens with zero attached hydrogens (tertiary/aromatic N) is 1. The van der Waals surface area contributed by atoms with Gasteiger partial charge in [-0.15, -0.1) is 0 Å². The fraction of sp³-hybridized carbons (Fsp3) is 0.259. The van der Waals surface area contributed by atoms with Crippen LogP contribution in [0, 0.1) is 5.92 Å². The van der Waals surface area contributed by atoms with Crippen LogP contribution in [0.15, 0.2) is 84.9 Å². The molecule has 0 spiro atoms. The number of anilines is 1. The molecule has 0 aromatic heterocycles. The molecule has 2 unspecified atom stereocenters. The van der Waals surface area contributed by atoms with Crippen LogP contribution >= 0.6 is 0 Å². The molecule has 1 saturated heterocycles. The number of amides is 2. The number of carbonyl (C=O) groups is 2. The van der Waals surface area contributed by atoms with Gasteiger partial charge >= 0.3 is 0 Å². The number of hydrogen-bond acceptors (Lipinski definition) is 2. The first-order valence-corrected chi connectivity index (χ1v) is 10.9. The van der Waals surface area contributed by atoms with E-state index in [2.05, 4.69) is 24.4 Å². The minimum Gasteiger partial charge on any atom is -0.349 e. The fourth-order valence-corrected chi connectivity index (χ4v) is 4.12. The predicted molar refractivity (Wildman–Crippen MR) is 124 cm³/mol. The molecule has 4 rings (SSSR count). The normalized spacial score (nSPS) is 16.9. The highest BCUT2D eigenvalue weighted by Crippen LogP contribution is 2.27. The largest absolute Gasteiger partial charge is 0.349 e. The van der Waals surface area contributed by atoms with E-state index in [4.69, 9.17) is 0 Å². The summed E-state index contributed by atoms with van der Waals surface area (Å²) >= 11 is 0. The molecule has 0 saturated carbocycles. The highest BCUT2D eigenvalue weighted by Gasteiger charge is 2.36. The van der Waals surface area contributed by atoms with Gasteiger partial charge in [0.1, 0.15) is 0 Å². The molecule has 3 aromatic rings. The van der Waals surface area contributed by atoms with Crippen LogP contribution < -0.4 is 10.2 Å². The van der Waals surface area contributed by atoms with Gasteiger partial charge in [0, 0.05) is 18.7 Å². The topological polar surface area (TPSA) is 49.4 Å². The molecule has 1 aliphatic heterocycles. The zero-order valence-corrected chi connectivity index (χ0v) is 17.8. The maximum atomic E-state index is 13.2. The Kier molecular flexibility index (Phi) is 6.46. The number of benzene rings is 3. The zero-order valence-electron chi connectivity index (χ0n) is 17.8. The Hall–Kier alpha value is -3.40. The van der Waals surface area contributed by atoms with E-state index in [0.717, 1.165) is 23.2 Å². The summed E-state index contributed by atoms with van der Waals surface area (Å²) in [7, 11) is 0. The molecule has 2 atom stereocenters. The summed E-state index contributed by atoms with van der Waals surface area (Å²) in [5, 5.41) is 3.22. The summed E-state index contributed by atoms with van der Waals surface area (Å²) in [6.45, 7) is 2.53.